The minimum Gasteiger partial charge on any atom is -0.479 e. The quantitative estimate of drug-likeness (QED) is 0.502. The van der Waals surface area contributed by atoms with Gasteiger partial charge >= 0.3 is 12.1 Å². The van der Waals surface area contributed by atoms with Crippen molar-refractivity contribution in [2.75, 3.05) is 33.5 Å². The number of carboxylic acids is 1. The summed E-state index contributed by atoms with van der Waals surface area (Å²) in [6, 6.07) is 16.2. The molecular formula is C26H30N2O7. The van der Waals surface area contributed by atoms with Gasteiger partial charge in [-0.25, -0.2) is 9.59 Å². The zero-order chi connectivity index (χ0) is 25.0. The lowest BCUT2D eigenvalue weighted by molar-refractivity contribution is -0.151. The molecule has 1 fully saturated rings. The Bertz CT molecular complexity index is 1060. The first kappa shape index (κ1) is 24.7. The van der Waals surface area contributed by atoms with Crippen molar-refractivity contribution < 1.29 is 33.7 Å². The van der Waals surface area contributed by atoms with E-state index >= 15 is 0 Å². The van der Waals surface area contributed by atoms with E-state index in [2.05, 4.69) is 34.9 Å². The number of carbonyl (C=O) groups excluding carboxylic acids is 2. The van der Waals surface area contributed by atoms with Crippen LogP contribution in [0, 0.1) is 5.92 Å². The number of hydrogen-bond acceptors (Lipinski definition) is 6. The fraction of sp³-hybridized carbons (Fsp3) is 0.423. The van der Waals surface area contributed by atoms with Gasteiger partial charge in [0.1, 0.15) is 12.7 Å². The molecule has 3 unspecified atom stereocenters. The second-order valence-corrected chi connectivity index (χ2v) is 9.11. The Balaban J connectivity index is 1.32. The number of amides is 2. The number of methoxy groups -OCH3 is 1. The summed E-state index contributed by atoms with van der Waals surface area (Å²) in [7, 11) is 1.36. The molecule has 1 heterocycles. The second-order valence-electron chi connectivity index (χ2n) is 9.11. The summed E-state index contributed by atoms with van der Waals surface area (Å²) in [5.74, 6) is -2.12. The highest BCUT2D eigenvalue weighted by molar-refractivity contribution is 5.89. The second kappa shape index (κ2) is 10.5. The van der Waals surface area contributed by atoms with Crippen molar-refractivity contribution in [1.29, 1.82) is 0 Å². The number of aliphatic carboxylic acids is 1. The minimum absolute atomic E-state index is 0.0454. The summed E-state index contributed by atoms with van der Waals surface area (Å²) in [4.78, 5) is 36.8. The van der Waals surface area contributed by atoms with E-state index in [1.54, 1.807) is 0 Å². The molecule has 0 bridgehead atoms. The SMILES string of the molecule is COCC(C)(NC(=O)C1OCCC1CNC(=O)OCC1c2ccccc2-c2ccccc21)C(=O)O. The predicted octanol–water partition coefficient (Wildman–Crippen LogP) is 2.54. The summed E-state index contributed by atoms with van der Waals surface area (Å²) in [5.41, 5.74) is 2.97. The zero-order valence-electron chi connectivity index (χ0n) is 19.8. The van der Waals surface area contributed by atoms with Gasteiger partial charge in [0.05, 0.1) is 6.61 Å². The molecule has 0 aromatic heterocycles. The predicted molar refractivity (Wildman–Crippen MR) is 127 cm³/mol. The van der Waals surface area contributed by atoms with E-state index in [0.29, 0.717) is 13.0 Å². The van der Waals surface area contributed by atoms with Gasteiger partial charge in [-0.1, -0.05) is 48.5 Å². The van der Waals surface area contributed by atoms with Gasteiger partial charge in [-0.05, 0) is 35.6 Å². The van der Waals surface area contributed by atoms with Gasteiger partial charge in [0, 0.05) is 32.1 Å². The van der Waals surface area contributed by atoms with Gasteiger partial charge in [0.2, 0.25) is 5.91 Å². The van der Waals surface area contributed by atoms with Crippen LogP contribution in [0.3, 0.4) is 0 Å². The lowest BCUT2D eigenvalue weighted by Crippen LogP contribution is -2.58. The molecule has 9 heteroatoms. The van der Waals surface area contributed by atoms with Gasteiger partial charge in [-0.3, -0.25) is 4.79 Å². The third-order valence-corrected chi connectivity index (χ3v) is 6.63. The third kappa shape index (κ3) is 5.16. The maximum absolute atomic E-state index is 12.7. The van der Waals surface area contributed by atoms with E-state index in [-0.39, 0.29) is 31.6 Å². The Kier molecular flexibility index (Phi) is 7.37. The van der Waals surface area contributed by atoms with Crippen molar-refractivity contribution in [3.63, 3.8) is 0 Å². The summed E-state index contributed by atoms with van der Waals surface area (Å²) in [6.07, 6.45) is -0.900. The molecule has 1 aliphatic carbocycles. The first-order valence-electron chi connectivity index (χ1n) is 11.6. The van der Waals surface area contributed by atoms with Gasteiger partial charge in [-0.2, -0.15) is 0 Å². The summed E-state index contributed by atoms with van der Waals surface area (Å²) in [5, 5.41) is 14.7. The Morgan fingerprint density at radius 1 is 1.09 bits per heavy atom. The van der Waals surface area contributed by atoms with Crippen molar-refractivity contribution >= 4 is 18.0 Å². The van der Waals surface area contributed by atoms with Crippen LogP contribution < -0.4 is 10.6 Å². The average Bonchev–Trinajstić information content (AvgIpc) is 3.44. The average molecular weight is 483 g/mol. The zero-order valence-corrected chi connectivity index (χ0v) is 19.8. The van der Waals surface area contributed by atoms with Crippen LogP contribution >= 0.6 is 0 Å². The molecule has 0 radical (unpaired) electrons. The highest BCUT2D eigenvalue weighted by atomic mass is 16.5. The number of ether oxygens (including phenoxy) is 3. The molecule has 9 nitrogen and oxygen atoms in total. The normalized spacial score (nSPS) is 20.4. The molecule has 35 heavy (non-hydrogen) atoms. The highest BCUT2D eigenvalue weighted by Gasteiger charge is 2.41. The van der Waals surface area contributed by atoms with Crippen LogP contribution in [0.5, 0.6) is 0 Å². The van der Waals surface area contributed by atoms with Crippen LogP contribution in [0.25, 0.3) is 11.1 Å². The molecule has 1 aliphatic heterocycles. The summed E-state index contributed by atoms with van der Waals surface area (Å²) < 4.78 is 16.0. The van der Waals surface area contributed by atoms with E-state index in [9.17, 15) is 19.5 Å². The van der Waals surface area contributed by atoms with Gasteiger partial charge < -0.3 is 30.0 Å². The molecule has 3 atom stereocenters. The smallest absolute Gasteiger partial charge is 0.407 e. The van der Waals surface area contributed by atoms with Gasteiger partial charge in [0.15, 0.2) is 5.54 Å². The van der Waals surface area contributed by atoms with Crippen LogP contribution in [-0.4, -0.2) is 68.2 Å². The van der Waals surface area contributed by atoms with E-state index in [1.807, 2.05) is 24.3 Å². The summed E-state index contributed by atoms with van der Waals surface area (Å²) in [6.45, 7) is 1.88. The Hall–Kier alpha value is -3.43. The van der Waals surface area contributed by atoms with Crippen LogP contribution in [0.15, 0.2) is 48.5 Å². The molecule has 2 aromatic rings. The van der Waals surface area contributed by atoms with Crippen molar-refractivity contribution in [1.82, 2.24) is 10.6 Å². The fourth-order valence-electron chi connectivity index (χ4n) is 4.78. The number of carbonyl (C=O) groups is 3. The Morgan fingerprint density at radius 3 is 2.31 bits per heavy atom. The van der Waals surface area contributed by atoms with Crippen LogP contribution in [0.2, 0.25) is 0 Å². The van der Waals surface area contributed by atoms with E-state index < -0.39 is 29.6 Å². The van der Waals surface area contributed by atoms with Crippen molar-refractivity contribution in [3.05, 3.63) is 59.7 Å². The van der Waals surface area contributed by atoms with E-state index in [1.165, 1.54) is 14.0 Å². The Morgan fingerprint density at radius 2 is 1.71 bits per heavy atom. The highest BCUT2D eigenvalue weighted by Crippen LogP contribution is 2.44. The van der Waals surface area contributed by atoms with Gasteiger partial charge in [0.25, 0.3) is 0 Å². The molecule has 186 valence electrons. The molecule has 2 aromatic carbocycles. The van der Waals surface area contributed by atoms with E-state index in [4.69, 9.17) is 14.2 Å². The summed E-state index contributed by atoms with van der Waals surface area (Å²) >= 11 is 0. The topological polar surface area (TPSA) is 123 Å². The molecule has 4 rings (SSSR count). The lowest BCUT2D eigenvalue weighted by atomic mass is 9.98. The third-order valence-electron chi connectivity index (χ3n) is 6.63. The lowest BCUT2D eigenvalue weighted by Gasteiger charge is -2.28. The molecule has 0 spiro atoms. The monoisotopic (exact) mass is 482 g/mol. The molecule has 2 amide bonds. The van der Waals surface area contributed by atoms with Crippen molar-refractivity contribution in [2.45, 2.75) is 30.9 Å². The number of fused-ring (bicyclic) bond motifs is 3. The number of benzene rings is 2. The molecule has 1 saturated heterocycles. The molecular weight excluding hydrogens is 452 g/mol. The number of carboxylic acid groups (broad SMARTS) is 1. The first-order chi connectivity index (χ1) is 16.8. The molecule has 2 aliphatic rings. The minimum atomic E-state index is -1.58. The number of alkyl carbamates (subject to hydrolysis) is 1. The van der Waals surface area contributed by atoms with Crippen molar-refractivity contribution in [3.8, 4) is 11.1 Å². The number of nitrogens with one attached hydrogen (secondary N) is 2. The van der Waals surface area contributed by atoms with E-state index in [0.717, 1.165) is 22.3 Å². The maximum atomic E-state index is 12.7. The maximum Gasteiger partial charge on any atom is 0.407 e. The van der Waals surface area contributed by atoms with Crippen LogP contribution in [0.1, 0.15) is 30.4 Å². The molecule has 0 saturated carbocycles. The van der Waals surface area contributed by atoms with Crippen molar-refractivity contribution in [2.24, 2.45) is 5.92 Å². The largest absolute Gasteiger partial charge is 0.479 e. The number of rotatable bonds is 9. The van der Waals surface area contributed by atoms with Crippen LogP contribution in [0.4, 0.5) is 4.79 Å². The molecule has 3 N–H and O–H groups in total. The van der Waals surface area contributed by atoms with Crippen LogP contribution in [-0.2, 0) is 23.8 Å². The fourth-order valence-corrected chi connectivity index (χ4v) is 4.78. The first-order valence-corrected chi connectivity index (χ1v) is 11.6. The standard InChI is InChI=1S/C26H30N2O7/c1-26(15-33-2,24(30)31)28-23(29)22-16(11-12-34-22)13-27-25(32)35-14-21-19-9-5-3-7-17(19)18-8-4-6-10-20(18)21/h3-10,16,21-22H,11-15H2,1-2H3,(H,27,32)(H,28,29)(H,30,31). The van der Waals surface area contributed by atoms with Gasteiger partial charge in [-0.15, -0.1) is 0 Å². The number of hydrogen-bond donors (Lipinski definition) is 3. The Labute approximate surface area is 203 Å².